The van der Waals surface area contributed by atoms with Crippen LogP contribution >= 0.6 is 0 Å². The molecule has 0 aromatic carbocycles. The van der Waals surface area contributed by atoms with Crippen LogP contribution in [0, 0.1) is 0 Å². The van der Waals surface area contributed by atoms with Gasteiger partial charge in [0.15, 0.2) is 6.29 Å². The molecule has 1 rings (SSSR count). The number of carbonyl (C=O) groups is 1. The number of rotatable bonds is 5. The van der Waals surface area contributed by atoms with Gasteiger partial charge in [-0.05, 0) is 12.1 Å². The first-order valence-corrected chi connectivity index (χ1v) is 4.01. The number of aromatic nitrogens is 1. The normalized spacial score (nSPS) is 9.62. The maximum absolute atomic E-state index is 10.3. The van der Waals surface area contributed by atoms with Crippen molar-refractivity contribution in [3.8, 4) is 0 Å². The average molecular weight is 180 g/mol. The van der Waals surface area contributed by atoms with Crippen LogP contribution in [0.5, 0.6) is 0 Å². The summed E-state index contributed by atoms with van der Waals surface area (Å²) in [5.74, 6) is 0.752. The van der Waals surface area contributed by atoms with E-state index >= 15 is 0 Å². The first kappa shape index (κ1) is 9.67. The highest BCUT2D eigenvalue weighted by atomic mass is 16.5. The lowest BCUT2D eigenvalue weighted by atomic mass is 10.3. The van der Waals surface area contributed by atoms with Crippen LogP contribution in [0.3, 0.4) is 0 Å². The minimum Gasteiger partial charge on any atom is -0.383 e. The molecule has 1 N–H and O–H groups in total. The van der Waals surface area contributed by atoms with E-state index in [0.717, 1.165) is 12.1 Å². The molecule has 0 saturated heterocycles. The Bertz CT molecular complexity index is 259. The number of nitrogens with zero attached hydrogens (tertiary/aromatic N) is 1. The summed E-state index contributed by atoms with van der Waals surface area (Å²) in [7, 11) is 1.64. The van der Waals surface area contributed by atoms with Crippen LogP contribution in [0.25, 0.3) is 0 Å². The second-order valence-corrected chi connectivity index (χ2v) is 2.51. The standard InChI is InChI=1S/C9H12N2O2/c1-13-5-4-10-9-3-2-8(7-12)6-11-9/h2-3,6-7H,4-5H2,1H3,(H,10,11). The van der Waals surface area contributed by atoms with Gasteiger partial charge in [-0.3, -0.25) is 4.79 Å². The van der Waals surface area contributed by atoms with E-state index in [1.54, 1.807) is 19.2 Å². The maximum Gasteiger partial charge on any atom is 0.151 e. The van der Waals surface area contributed by atoms with Crippen molar-refractivity contribution in [1.82, 2.24) is 4.98 Å². The number of ether oxygens (including phenoxy) is 1. The predicted octanol–water partition coefficient (Wildman–Crippen LogP) is 0.952. The topological polar surface area (TPSA) is 51.2 Å². The minimum atomic E-state index is 0.581. The van der Waals surface area contributed by atoms with Gasteiger partial charge in [0.2, 0.25) is 0 Å². The zero-order valence-electron chi connectivity index (χ0n) is 7.49. The van der Waals surface area contributed by atoms with E-state index in [0.29, 0.717) is 18.7 Å². The zero-order chi connectivity index (χ0) is 9.52. The molecule has 0 aliphatic carbocycles. The fraction of sp³-hybridized carbons (Fsp3) is 0.333. The molecule has 0 aliphatic heterocycles. The first-order valence-electron chi connectivity index (χ1n) is 4.01. The van der Waals surface area contributed by atoms with E-state index in [2.05, 4.69) is 10.3 Å². The van der Waals surface area contributed by atoms with Gasteiger partial charge in [-0.1, -0.05) is 0 Å². The molecule has 1 heterocycles. The molecule has 0 unspecified atom stereocenters. The Balaban J connectivity index is 2.44. The number of nitrogens with one attached hydrogen (secondary N) is 1. The van der Waals surface area contributed by atoms with Crippen LogP contribution in [0.15, 0.2) is 18.3 Å². The minimum absolute atomic E-state index is 0.581. The summed E-state index contributed by atoms with van der Waals surface area (Å²) in [6.07, 6.45) is 2.30. The SMILES string of the molecule is COCCNc1ccc(C=O)cn1. The van der Waals surface area contributed by atoms with Crippen molar-refractivity contribution in [2.75, 3.05) is 25.6 Å². The Morgan fingerprint density at radius 1 is 1.62 bits per heavy atom. The van der Waals surface area contributed by atoms with Crippen LogP contribution in [0.4, 0.5) is 5.82 Å². The van der Waals surface area contributed by atoms with Crippen LogP contribution in [-0.2, 0) is 4.74 Å². The van der Waals surface area contributed by atoms with Gasteiger partial charge in [0, 0.05) is 25.4 Å². The Labute approximate surface area is 76.9 Å². The van der Waals surface area contributed by atoms with E-state index < -0.39 is 0 Å². The summed E-state index contributed by atoms with van der Waals surface area (Å²) in [4.78, 5) is 14.3. The van der Waals surface area contributed by atoms with E-state index in [4.69, 9.17) is 4.74 Å². The first-order chi connectivity index (χ1) is 6.36. The molecule has 0 bridgehead atoms. The molecular formula is C9H12N2O2. The van der Waals surface area contributed by atoms with Crippen molar-refractivity contribution in [3.63, 3.8) is 0 Å². The van der Waals surface area contributed by atoms with Crippen molar-refractivity contribution in [3.05, 3.63) is 23.9 Å². The van der Waals surface area contributed by atoms with Gasteiger partial charge >= 0.3 is 0 Å². The zero-order valence-corrected chi connectivity index (χ0v) is 7.49. The number of hydrogen-bond acceptors (Lipinski definition) is 4. The lowest BCUT2D eigenvalue weighted by Crippen LogP contribution is -2.08. The van der Waals surface area contributed by atoms with Crippen LogP contribution in [-0.4, -0.2) is 31.5 Å². The molecule has 0 saturated carbocycles. The summed E-state index contributed by atoms with van der Waals surface area (Å²) in [5, 5.41) is 3.04. The predicted molar refractivity (Wildman–Crippen MR) is 50.0 cm³/mol. The van der Waals surface area contributed by atoms with E-state index in [9.17, 15) is 4.79 Å². The van der Waals surface area contributed by atoms with Crippen molar-refractivity contribution in [2.45, 2.75) is 0 Å². The molecule has 0 spiro atoms. The smallest absolute Gasteiger partial charge is 0.151 e. The van der Waals surface area contributed by atoms with E-state index in [1.165, 1.54) is 6.20 Å². The summed E-state index contributed by atoms with van der Waals surface area (Å²) >= 11 is 0. The molecule has 0 amide bonds. The number of methoxy groups -OCH3 is 1. The third-order valence-electron chi connectivity index (χ3n) is 1.53. The van der Waals surface area contributed by atoms with Crippen molar-refractivity contribution in [2.24, 2.45) is 0 Å². The molecule has 4 nitrogen and oxygen atoms in total. The van der Waals surface area contributed by atoms with Gasteiger partial charge in [-0.2, -0.15) is 0 Å². The lowest BCUT2D eigenvalue weighted by molar-refractivity contribution is 0.112. The summed E-state index contributed by atoms with van der Waals surface area (Å²) in [5.41, 5.74) is 0.581. The Kier molecular flexibility index (Phi) is 3.92. The second-order valence-electron chi connectivity index (χ2n) is 2.51. The molecule has 0 aliphatic rings. The quantitative estimate of drug-likeness (QED) is 0.541. The third-order valence-corrected chi connectivity index (χ3v) is 1.53. The molecule has 0 atom stereocenters. The molecule has 0 fully saturated rings. The van der Waals surface area contributed by atoms with Gasteiger partial charge in [0.25, 0.3) is 0 Å². The highest BCUT2D eigenvalue weighted by Gasteiger charge is 1.93. The molecule has 70 valence electrons. The van der Waals surface area contributed by atoms with Crippen molar-refractivity contribution >= 4 is 12.1 Å². The Morgan fingerprint density at radius 2 is 2.46 bits per heavy atom. The van der Waals surface area contributed by atoms with Crippen molar-refractivity contribution in [1.29, 1.82) is 0 Å². The summed E-state index contributed by atoms with van der Waals surface area (Å²) < 4.78 is 4.86. The van der Waals surface area contributed by atoms with Crippen LogP contribution in [0.2, 0.25) is 0 Å². The van der Waals surface area contributed by atoms with E-state index in [1.807, 2.05) is 0 Å². The van der Waals surface area contributed by atoms with Crippen LogP contribution < -0.4 is 5.32 Å². The Morgan fingerprint density at radius 3 is 3.00 bits per heavy atom. The molecular weight excluding hydrogens is 168 g/mol. The highest BCUT2D eigenvalue weighted by molar-refractivity contribution is 5.74. The Hall–Kier alpha value is -1.42. The number of aldehydes is 1. The molecule has 0 radical (unpaired) electrons. The maximum atomic E-state index is 10.3. The molecule has 13 heavy (non-hydrogen) atoms. The number of carbonyl (C=O) groups excluding carboxylic acids is 1. The lowest BCUT2D eigenvalue weighted by Gasteiger charge is -2.03. The summed E-state index contributed by atoms with van der Waals surface area (Å²) in [6.45, 7) is 1.35. The number of pyridine rings is 1. The summed E-state index contributed by atoms with van der Waals surface area (Å²) in [6, 6.07) is 3.48. The van der Waals surface area contributed by atoms with Gasteiger partial charge in [0.05, 0.1) is 6.61 Å². The van der Waals surface area contributed by atoms with Gasteiger partial charge in [-0.25, -0.2) is 4.98 Å². The number of anilines is 1. The molecule has 1 aromatic heterocycles. The average Bonchev–Trinajstić information content (AvgIpc) is 2.19. The second kappa shape index (κ2) is 5.27. The highest BCUT2D eigenvalue weighted by Crippen LogP contribution is 2.02. The van der Waals surface area contributed by atoms with Gasteiger partial charge in [0.1, 0.15) is 5.82 Å². The van der Waals surface area contributed by atoms with Crippen molar-refractivity contribution < 1.29 is 9.53 Å². The fourth-order valence-electron chi connectivity index (χ4n) is 0.861. The van der Waals surface area contributed by atoms with E-state index in [-0.39, 0.29) is 0 Å². The number of hydrogen-bond donors (Lipinski definition) is 1. The molecule has 1 aromatic rings. The molecule has 4 heteroatoms. The fourth-order valence-corrected chi connectivity index (χ4v) is 0.861. The van der Waals surface area contributed by atoms with Gasteiger partial charge < -0.3 is 10.1 Å². The largest absolute Gasteiger partial charge is 0.383 e. The monoisotopic (exact) mass is 180 g/mol. The van der Waals surface area contributed by atoms with Crippen LogP contribution in [0.1, 0.15) is 10.4 Å². The van der Waals surface area contributed by atoms with Gasteiger partial charge in [-0.15, -0.1) is 0 Å². The third kappa shape index (κ3) is 3.21.